The molecule has 7 heteroatoms. The summed E-state index contributed by atoms with van der Waals surface area (Å²) in [5, 5.41) is 6.56. The number of ether oxygens (including phenoxy) is 2. The van der Waals surface area contributed by atoms with Gasteiger partial charge in [-0.3, -0.25) is 9.89 Å². The summed E-state index contributed by atoms with van der Waals surface area (Å²) in [4.78, 5) is 6.55. The Kier molecular flexibility index (Phi) is 8.65. The van der Waals surface area contributed by atoms with Crippen LogP contribution >= 0.6 is 0 Å². The van der Waals surface area contributed by atoms with E-state index >= 15 is 0 Å². The van der Waals surface area contributed by atoms with Gasteiger partial charge in [-0.2, -0.15) is 0 Å². The van der Waals surface area contributed by atoms with E-state index in [0.29, 0.717) is 39.5 Å². The fraction of sp³-hybridized carbons (Fsp3) is 0.611. The highest BCUT2D eigenvalue weighted by molar-refractivity contribution is 5.79. The Morgan fingerprint density at radius 1 is 1.36 bits per heavy atom. The molecular formula is C18H29FN4O2. The van der Waals surface area contributed by atoms with Gasteiger partial charge < -0.3 is 20.1 Å². The molecule has 1 fully saturated rings. The van der Waals surface area contributed by atoms with Crippen molar-refractivity contribution in [3.05, 3.63) is 35.6 Å². The smallest absolute Gasteiger partial charge is 0.191 e. The summed E-state index contributed by atoms with van der Waals surface area (Å²) in [6.07, 6.45) is 0. The van der Waals surface area contributed by atoms with Crippen LogP contribution in [0.25, 0.3) is 0 Å². The molecule has 0 aliphatic carbocycles. The van der Waals surface area contributed by atoms with Crippen LogP contribution in [0.15, 0.2) is 29.3 Å². The fourth-order valence-corrected chi connectivity index (χ4v) is 2.86. The molecule has 1 aliphatic rings. The molecule has 0 radical (unpaired) electrons. The second-order valence-corrected chi connectivity index (χ2v) is 5.80. The van der Waals surface area contributed by atoms with Crippen LogP contribution in [0.5, 0.6) is 0 Å². The quantitative estimate of drug-likeness (QED) is 0.421. The van der Waals surface area contributed by atoms with Gasteiger partial charge in [0, 0.05) is 39.8 Å². The molecule has 1 aliphatic heterocycles. The Labute approximate surface area is 149 Å². The van der Waals surface area contributed by atoms with E-state index in [2.05, 4.69) is 20.5 Å². The SMILES string of the molecule is CCOCCNC(=NC)NCC(c1cccc(F)c1)N1CCOCC1. The summed E-state index contributed by atoms with van der Waals surface area (Å²) in [6, 6.07) is 6.86. The van der Waals surface area contributed by atoms with Crippen molar-refractivity contribution in [1.29, 1.82) is 0 Å². The van der Waals surface area contributed by atoms with Crippen molar-refractivity contribution in [2.45, 2.75) is 13.0 Å². The zero-order valence-electron chi connectivity index (χ0n) is 15.1. The second kappa shape index (κ2) is 11.0. The minimum Gasteiger partial charge on any atom is -0.380 e. The molecule has 0 bridgehead atoms. The zero-order chi connectivity index (χ0) is 17.9. The fourth-order valence-electron chi connectivity index (χ4n) is 2.86. The van der Waals surface area contributed by atoms with Gasteiger partial charge >= 0.3 is 0 Å². The molecule has 0 amide bonds. The average molecular weight is 352 g/mol. The van der Waals surface area contributed by atoms with Gasteiger partial charge in [-0.1, -0.05) is 12.1 Å². The van der Waals surface area contributed by atoms with E-state index in [0.717, 1.165) is 24.6 Å². The number of hydrogen-bond acceptors (Lipinski definition) is 4. The molecule has 140 valence electrons. The van der Waals surface area contributed by atoms with E-state index < -0.39 is 0 Å². The number of benzene rings is 1. The van der Waals surface area contributed by atoms with Gasteiger partial charge in [0.2, 0.25) is 0 Å². The molecule has 1 aromatic carbocycles. The maximum absolute atomic E-state index is 13.7. The van der Waals surface area contributed by atoms with E-state index in [1.807, 2.05) is 13.0 Å². The standard InChI is InChI=1S/C18H29FN4O2/c1-3-24-10-7-21-18(20-2)22-14-17(23-8-11-25-12-9-23)15-5-4-6-16(19)13-15/h4-6,13,17H,3,7-12,14H2,1-2H3,(H2,20,21,22). The van der Waals surface area contributed by atoms with Crippen molar-refractivity contribution in [3.63, 3.8) is 0 Å². The molecule has 0 spiro atoms. The normalized spacial score (nSPS) is 17.3. The molecular weight excluding hydrogens is 323 g/mol. The average Bonchev–Trinajstić information content (AvgIpc) is 2.64. The summed E-state index contributed by atoms with van der Waals surface area (Å²) in [5.41, 5.74) is 0.958. The number of halogens is 1. The first kappa shape index (κ1) is 19.6. The Morgan fingerprint density at radius 2 is 2.16 bits per heavy atom. The summed E-state index contributed by atoms with van der Waals surface area (Å²) in [7, 11) is 1.74. The van der Waals surface area contributed by atoms with Crippen molar-refractivity contribution < 1.29 is 13.9 Å². The summed E-state index contributed by atoms with van der Waals surface area (Å²) >= 11 is 0. The second-order valence-electron chi connectivity index (χ2n) is 5.80. The summed E-state index contributed by atoms with van der Waals surface area (Å²) < 4.78 is 24.5. The van der Waals surface area contributed by atoms with Gasteiger partial charge in [0.25, 0.3) is 0 Å². The molecule has 2 N–H and O–H groups in total. The van der Waals surface area contributed by atoms with Gasteiger partial charge in [-0.15, -0.1) is 0 Å². The minimum absolute atomic E-state index is 0.0602. The van der Waals surface area contributed by atoms with Gasteiger partial charge in [0.05, 0.1) is 25.9 Å². The number of nitrogens with one attached hydrogen (secondary N) is 2. The molecule has 1 aromatic rings. The van der Waals surface area contributed by atoms with Crippen LogP contribution in [0, 0.1) is 5.82 Å². The van der Waals surface area contributed by atoms with Crippen LogP contribution in [-0.2, 0) is 9.47 Å². The van der Waals surface area contributed by atoms with Crippen LogP contribution < -0.4 is 10.6 Å². The molecule has 1 heterocycles. The molecule has 0 saturated carbocycles. The van der Waals surface area contributed by atoms with E-state index in [1.165, 1.54) is 6.07 Å². The van der Waals surface area contributed by atoms with Crippen LogP contribution in [-0.4, -0.2) is 70.5 Å². The highest BCUT2D eigenvalue weighted by Crippen LogP contribution is 2.22. The van der Waals surface area contributed by atoms with Crippen LogP contribution in [0.1, 0.15) is 18.5 Å². The largest absolute Gasteiger partial charge is 0.380 e. The maximum atomic E-state index is 13.7. The number of aliphatic imine (C=N–C) groups is 1. The number of guanidine groups is 1. The molecule has 6 nitrogen and oxygen atoms in total. The highest BCUT2D eigenvalue weighted by Gasteiger charge is 2.23. The lowest BCUT2D eigenvalue weighted by Gasteiger charge is -2.35. The molecule has 1 saturated heterocycles. The number of morpholine rings is 1. The monoisotopic (exact) mass is 352 g/mol. The lowest BCUT2D eigenvalue weighted by Crippen LogP contribution is -2.46. The molecule has 2 rings (SSSR count). The number of rotatable bonds is 8. The molecule has 1 atom stereocenters. The third-order valence-corrected chi connectivity index (χ3v) is 4.15. The van der Waals surface area contributed by atoms with Crippen molar-refractivity contribution in [1.82, 2.24) is 15.5 Å². The Bertz CT molecular complexity index is 536. The lowest BCUT2D eigenvalue weighted by molar-refractivity contribution is 0.0169. The van der Waals surface area contributed by atoms with Gasteiger partial charge in [0.15, 0.2) is 5.96 Å². The van der Waals surface area contributed by atoms with Gasteiger partial charge in [-0.25, -0.2) is 4.39 Å². The first-order valence-electron chi connectivity index (χ1n) is 8.84. The Balaban J connectivity index is 1.97. The maximum Gasteiger partial charge on any atom is 0.191 e. The van der Waals surface area contributed by atoms with Crippen molar-refractivity contribution in [2.24, 2.45) is 4.99 Å². The summed E-state index contributed by atoms with van der Waals surface area (Å²) in [6.45, 7) is 7.70. The highest BCUT2D eigenvalue weighted by atomic mass is 19.1. The predicted octanol–water partition coefficient (Wildman–Crippen LogP) is 1.40. The van der Waals surface area contributed by atoms with E-state index in [9.17, 15) is 4.39 Å². The van der Waals surface area contributed by atoms with E-state index in [-0.39, 0.29) is 11.9 Å². The van der Waals surface area contributed by atoms with Crippen molar-refractivity contribution in [3.8, 4) is 0 Å². The Hall–Kier alpha value is -1.70. The van der Waals surface area contributed by atoms with Crippen molar-refractivity contribution >= 4 is 5.96 Å². The molecule has 25 heavy (non-hydrogen) atoms. The number of nitrogens with zero attached hydrogens (tertiary/aromatic N) is 2. The summed E-state index contributed by atoms with van der Waals surface area (Å²) in [5.74, 6) is 0.504. The van der Waals surface area contributed by atoms with Gasteiger partial charge in [0.1, 0.15) is 5.82 Å². The zero-order valence-corrected chi connectivity index (χ0v) is 15.1. The first-order chi connectivity index (χ1) is 12.2. The van der Waals surface area contributed by atoms with Crippen molar-refractivity contribution in [2.75, 3.05) is 59.7 Å². The van der Waals surface area contributed by atoms with Crippen LogP contribution in [0.4, 0.5) is 4.39 Å². The van der Waals surface area contributed by atoms with Crippen LogP contribution in [0.3, 0.4) is 0 Å². The van der Waals surface area contributed by atoms with E-state index in [4.69, 9.17) is 9.47 Å². The number of hydrogen-bond donors (Lipinski definition) is 2. The van der Waals surface area contributed by atoms with E-state index in [1.54, 1.807) is 19.2 Å². The Morgan fingerprint density at radius 3 is 2.84 bits per heavy atom. The molecule has 1 unspecified atom stereocenters. The van der Waals surface area contributed by atoms with Gasteiger partial charge in [-0.05, 0) is 24.6 Å². The van der Waals surface area contributed by atoms with Crippen LogP contribution in [0.2, 0.25) is 0 Å². The third-order valence-electron chi connectivity index (χ3n) is 4.15. The predicted molar refractivity (Wildman–Crippen MR) is 97.4 cm³/mol. The topological polar surface area (TPSA) is 58.1 Å². The third kappa shape index (κ3) is 6.61. The minimum atomic E-state index is -0.213. The first-order valence-corrected chi connectivity index (χ1v) is 8.84. The lowest BCUT2D eigenvalue weighted by atomic mass is 10.0. The molecule has 0 aromatic heterocycles.